The van der Waals surface area contributed by atoms with Gasteiger partial charge in [0.2, 0.25) is 0 Å². The molecule has 1 atom stereocenters. The van der Waals surface area contributed by atoms with Crippen LogP contribution in [0.4, 0.5) is 0 Å². The van der Waals surface area contributed by atoms with Crippen LogP contribution >= 0.6 is 11.8 Å². The summed E-state index contributed by atoms with van der Waals surface area (Å²) < 4.78 is 0. The molecule has 0 spiro atoms. The molecule has 90 valence electrons. The fourth-order valence-electron chi connectivity index (χ4n) is 2.82. The smallest absolute Gasteiger partial charge is 0.0331 e. The van der Waals surface area contributed by atoms with Crippen molar-refractivity contribution in [1.29, 1.82) is 0 Å². The highest BCUT2D eigenvalue weighted by Crippen LogP contribution is 2.35. The minimum absolute atomic E-state index is 0.316. The van der Waals surface area contributed by atoms with Crippen molar-refractivity contribution in [2.45, 2.75) is 50.6 Å². The van der Waals surface area contributed by atoms with Crippen LogP contribution < -0.4 is 5.73 Å². The van der Waals surface area contributed by atoms with E-state index in [4.69, 9.17) is 5.73 Å². The van der Waals surface area contributed by atoms with Crippen molar-refractivity contribution in [2.75, 3.05) is 25.6 Å². The molecule has 0 heterocycles. The molecule has 1 saturated carbocycles. The second-order valence-electron chi connectivity index (χ2n) is 4.76. The molecule has 0 saturated heterocycles. The van der Waals surface area contributed by atoms with Gasteiger partial charge in [-0.1, -0.05) is 19.8 Å². The predicted octanol–water partition coefficient (Wildman–Crippen LogP) is 2.33. The SMILES string of the molecule is CCC(CSC)N(C)C1(CN)CCCC1. The third-order valence-electron chi connectivity index (χ3n) is 4.04. The summed E-state index contributed by atoms with van der Waals surface area (Å²) in [5, 5.41) is 0. The van der Waals surface area contributed by atoms with Crippen LogP contribution in [0.5, 0.6) is 0 Å². The Balaban J connectivity index is 2.65. The Morgan fingerprint density at radius 1 is 1.40 bits per heavy atom. The van der Waals surface area contributed by atoms with Crippen LogP contribution in [0.15, 0.2) is 0 Å². The molecular formula is C12H26N2S. The number of rotatable bonds is 6. The van der Waals surface area contributed by atoms with Gasteiger partial charge in [0, 0.05) is 23.9 Å². The van der Waals surface area contributed by atoms with Gasteiger partial charge < -0.3 is 5.73 Å². The van der Waals surface area contributed by atoms with Gasteiger partial charge in [-0.15, -0.1) is 0 Å². The van der Waals surface area contributed by atoms with E-state index >= 15 is 0 Å². The van der Waals surface area contributed by atoms with Gasteiger partial charge in [-0.25, -0.2) is 0 Å². The van der Waals surface area contributed by atoms with Crippen LogP contribution in [-0.2, 0) is 0 Å². The highest BCUT2D eigenvalue weighted by molar-refractivity contribution is 7.98. The molecule has 0 aliphatic heterocycles. The van der Waals surface area contributed by atoms with E-state index in [2.05, 4.69) is 25.1 Å². The maximum Gasteiger partial charge on any atom is 0.0331 e. The molecule has 0 aromatic carbocycles. The first kappa shape index (κ1) is 13.3. The molecular weight excluding hydrogens is 204 g/mol. The minimum atomic E-state index is 0.316. The van der Waals surface area contributed by atoms with Crippen LogP contribution in [0.3, 0.4) is 0 Å². The van der Waals surface area contributed by atoms with Gasteiger partial charge in [0.25, 0.3) is 0 Å². The average molecular weight is 230 g/mol. The lowest BCUT2D eigenvalue weighted by Crippen LogP contribution is -2.54. The van der Waals surface area contributed by atoms with E-state index in [0.717, 1.165) is 6.54 Å². The molecule has 0 aromatic rings. The summed E-state index contributed by atoms with van der Waals surface area (Å²) in [6.07, 6.45) is 8.74. The maximum atomic E-state index is 6.01. The van der Waals surface area contributed by atoms with Gasteiger partial charge in [-0.05, 0) is 32.6 Å². The summed E-state index contributed by atoms with van der Waals surface area (Å²) in [5.74, 6) is 1.23. The number of nitrogens with two attached hydrogens (primary N) is 1. The molecule has 15 heavy (non-hydrogen) atoms. The molecule has 2 nitrogen and oxygen atoms in total. The third-order valence-corrected chi connectivity index (χ3v) is 4.76. The largest absolute Gasteiger partial charge is 0.329 e. The fourth-order valence-corrected chi connectivity index (χ4v) is 3.66. The van der Waals surface area contributed by atoms with Gasteiger partial charge in [-0.3, -0.25) is 4.90 Å². The van der Waals surface area contributed by atoms with Crippen LogP contribution in [0.25, 0.3) is 0 Å². The monoisotopic (exact) mass is 230 g/mol. The Morgan fingerprint density at radius 3 is 2.40 bits per heavy atom. The molecule has 1 fully saturated rings. The first-order valence-corrected chi connectivity index (χ1v) is 7.51. The van der Waals surface area contributed by atoms with Gasteiger partial charge in [0.15, 0.2) is 0 Å². The van der Waals surface area contributed by atoms with E-state index in [9.17, 15) is 0 Å². The molecule has 0 radical (unpaired) electrons. The second-order valence-corrected chi connectivity index (χ2v) is 5.67. The van der Waals surface area contributed by atoms with Crippen molar-refractivity contribution in [3.05, 3.63) is 0 Å². The van der Waals surface area contributed by atoms with Gasteiger partial charge in [-0.2, -0.15) is 11.8 Å². The van der Waals surface area contributed by atoms with Gasteiger partial charge >= 0.3 is 0 Å². The zero-order valence-corrected chi connectivity index (χ0v) is 11.3. The predicted molar refractivity (Wildman–Crippen MR) is 70.5 cm³/mol. The quantitative estimate of drug-likeness (QED) is 0.759. The number of hydrogen-bond donors (Lipinski definition) is 1. The van der Waals surface area contributed by atoms with Crippen molar-refractivity contribution in [1.82, 2.24) is 4.90 Å². The first-order chi connectivity index (χ1) is 7.20. The molecule has 1 aliphatic carbocycles. The maximum absolute atomic E-state index is 6.01. The van der Waals surface area contributed by atoms with Crippen molar-refractivity contribution in [3.63, 3.8) is 0 Å². The van der Waals surface area contributed by atoms with Crippen molar-refractivity contribution >= 4 is 11.8 Å². The number of hydrogen-bond acceptors (Lipinski definition) is 3. The van der Waals surface area contributed by atoms with E-state index in [1.165, 1.54) is 37.9 Å². The topological polar surface area (TPSA) is 29.3 Å². The molecule has 0 bridgehead atoms. The lowest BCUT2D eigenvalue weighted by Gasteiger charge is -2.42. The Kier molecular flexibility index (Phi) is 5.44. The average Bonchev–Trinajstić information content (AvgIpc) is 2.74. The molecule has 3 heteroatoms. The summed E-state index contributed by atoms with van der Waals surface area (Å²) in [6.45, 7) is 3.12. The van der Waals surface area contributed by atoms with Gasteiger partial charge in [0.1, 0.15) is 0 Å². The van der Waals surface area contributed by atoms with E-state index in [1.807, 2.05) is 11.8 Å². The van der Waals surface area contributed by atoms with E-state index < -0.39 is 0 Å². The highest BCUT2D eigenvalue weighted by Gasteiger charge is 2.38. The summed E-state index contributed by atoms with van der Waals surface area (Å²) in [7, 11) is 2.28. The Hall–Kier alpha value is 0.270. The van der Waals surface area contributed by atoms with Crippen molar-refractivity contribution < 1.29 is 0 Å². The summed E-state index contributed by atoms with van der Waals surface area (Å²) >= 11 is 1.95. The van der Waals surface area contributed by atoms with Crippen molar-refractivity contribution in [2.24, 2.45) is 5.73 Å². The van der Waals surface area contributed by atoms with Crippen molar-refractivity contribution in [3.8, 4) is 0 Å². The Labute approximate surface area is 99.0 Å². The summed E-state index contributed by atoms with van der Waals surface area (Å²) in [4.78, 5) is 2.58. The molecule has 0 aromatic heterocycles. The zero-order valence-electron chi connectivity index (χ0n) is 10.5. The van der Waals surface area contributed by atoms with Gasteiger partial charge in [0.05, 0.1) is 0 Å². The molecule has 2 N–H and O–H groups in total. The van der Waals surface area contributed by atoms with E-state index in [-0.39, 0.29) is 0 Å². The lowest BCUT2D eigenvalue weighted by molar-refractivity contribution is 0.0899. The van der Waals surface area contributed by atoms with E-state index in [0.29, 0.717) is 11.6 Å². The standard InChI is InChI=1S/C12H26N2S/c1-4-11(9-15-3)14(2)12(10-13)7-5-6-8-12/h11H,4-10,13H2,1-3H3. The Bertz CT molecular complexity index is 178. The normalized spacial score (nSPS) is 22.2. The number of nitrogens with zero attached hydrogens (tertiary/aromatic N) is 1. The second kappa shape index (κ2) is 6.12. The molecule has 1 rings (SSSR count). The van der Waals surface area contributed by atoms with Crippen LogP contribution in [0.2, 0.25) is 0 Å². The highest BCUT2D eigenvalue weighted by atomic mass is 32.2. The lowest BCUT2D eigenvalue weighted by atomic mass is 9.93. The fraction of sp³-hybridized carbons (Fsp3) is 1.00. The molecule has 1 unspecified atom stereocenters. The minimum Gasteiger partial charge on any atom is -0.329 e. The number of thioether (sulfide) groups is 1. The summed E-state index contributed by atoms with van der Waals surface area (Å²) in [6, 6.07) is 0.696. The number of likely N-dealkylation sites (N-methyl/N-ethyl adjacent to an activating group) is 1. The van der Waals surface area contributed by atoms with Crippen LogP contribution in [0.1, 0.15) is 39.0 Å². The first-order valence-electron chi connectivity index (χ1n) is 6.12. The van der Waals surface area contributed by atoms with Crippen LogP contribution in [-0.4, -0.2) is 42.1 Å². The summed E-state index contributed by atoms with van der Waals surface area (Å²) in [5.41, 5.74) is 6.33. The Morgan fingerprint density at radius 2 is 2.00 bits per heavy atom. The third kappa shape index (κ3) is 2.89. The zero-order chi connectivity index (χ0) is 11.3. The van der Waals surface area contributed by atoms with E-state index in [1.54, 1.807) is 0 Å². The van der Waals surface area contributed by atoms with Crippen LogP contribution in [0, 0.1) is 0 Å². The molecule has 1 aliphatic rings. The molecule has 0 amide bonds.